The second-order valence-electron chi connectivity index (χ2n) is 10.1. The molecule has 2 aromatic heterocycles. The van der Waals surface area contributed by atoms with E-state index in [9.17, 15) is 18.8 Å². The highest BCUT2D eigenvalue weighted by molar-refractivity contribution is 6.12. The third-order valence-corrected chi connectivity index (χ3v) is 4.86. The van der Waals surface area contributed by atoms with Crippen LogP contribution >= 0.6 is 0 Å². The highest BCUT2D eigenvalue weighted by atomic mass is 19.1. The third kappa shape index (κ3) is 5.81. The van der Waals surface area contributed by atoms with E-state index in [0.717, 1.165) is 10.6 Å². The van der Waals surface area contributed by atoms with Gasteiger partial charge in [0.2, 0.25) is 0 Å². The van der Waals surface area contributed by atoms with Crippen molar-refractivity contribution in [2.24, 2.45) is 0 Å². The summed E-state index contributed by atoms with van der Waals surface area (Å²) in [5, 5.41) is 3.03. The van der Waals surface area contributed by atoms with Gasteiger partial charge in [0, 0.05) is 10.9 Å². The minimum atomic E-state index is -0.877. The number of nitrogens with one attached hydrogen (secondary N) is 1. The van der Waals surface area contributed by atoms with Gasteiger partial charge in [-0.15, -0.1) is 0 Å². The smallest absolute Gasteiger partial charge is 0.419 e. The van der Waals surface area contributed by atoms with Gasteiger partial charge in [-0.3, -0.25) is 10.3 Å². The van der Waals surface area contributed by atoms with Crippen LogP contribution in [0.25, 0.3) is 22.2 Å². The Morgan fingerprint density at radius 3 is 2.17 bits per heavy atom. The average Bonchev–Trinajstić information content (AvgIpc) is 3.06. The van der Waals surface area contributed by atoms with E-state index in [1.807, 2.05) is 0 Å². The zero-order chi connectivity index (χ0) is 27.0. The lowest BCUT2D eigenvalue weighted by Crippen LogP contribution is -2.29. The molecule has 0 spiro atoms. The summed E-state index contributed by atoms with van der Waals surface area (Å²) >= 11 is 0. The second kappa shape index (κ2) is 9.60. The summed E-state index contributed by atoms with van der Waals surface area (Å²) in [6.45, 7) is 11.9. The molecule has 1 amide bonds. The minimum absolute atomic E-state index is 0.120. The van der Waals surface area contributed by atoms with Gasteiger partial charge >= 0.3 is 18.2 Å². The van der Waals surface area contributed by atoms with E-state index in [-0.39, 0.29) is 16.8 Å². The summed E-state index contributed by atoms with van der Waals surface area (Å²) in [5.41, 5.74) is -0.208. The number of methoxy groups -OCH3 is 1. The number of fused-ring (bicyclic) bond motifs is 1. The van der Waals surface area contributed by atoms with Crippen LogP contribution in [0, 0.1) is 12.7 Å². The van der Waals surface area contributed by atoms with Gasteiger partial charge in [-0.2, -0.15) is 0 Å². The Morgan fingerprint density at radius 1 is 0.972 bits per heavy atom. The first kappa shape index (κ1) is 26.7. The Labute approximate surface area is 208 Å². The van der Waals surface area contributed by atoms with Crippen molar-refractivity contribution in [3.05, 3.63) is 47.5 Å². The number of carbonyl (C=O) groups is 3. The lowest BCUT2D eigenvalue weighted by Gasteiger charge is -2.21. The van der Waals surface area contributed by atoms with Gasteiger partial charge in [-0.05, 0) is 78.8 Å². The molecule has 0 saturated carbocycles. The Hall–Kier alpha value is -3.95. The highest BCUT2D eigenvalue weighted by Crippen LogP contribution is 2.36. The predicted molar refractivity (Wildman–Crippen MR) is 133 cm³/mol. The van der Waals surface area contributed by atoms with Crippen molar-refractivity contribution in [1.82, 2.24) is 9.55 Å². The normalized spacial score (nSPS) is 11.8. The SMILES string of the molecule is COC(=O)c1c(-c2ccc(NC(=O)OC(C)(C)C)c(C)n2)c2ccc(F)cc2n1C(=O)OC(C)(C)C. The number of amides is 1. The fourth-order valence-electron chi connectivity index (χ4n) is 3.55. The largest absolute Gasteiger partial charge is 0.464 e. The van der Waals surface area contributed by atoms with E-state index in [4.69, 9.17) is 14.2 Å². The Bertz CT molecular complexity index is 1350. The van der Waals surface area contributed by atoms with Gasteiger partial charge in [0.1, 0.15) is 22.7 Å². The van der Waals surface area contributed by atoms with Gasteiger partial charge in [0.15, 0.2) is 0 Å². The fourth-order valence-corrected chi connectivity index (χ4v) is 3.55. The molecular formula is C26H30FN3O6. The number of carbonyl (C=O) groups excluding carboxylic acids is 3. The number of halogens is 1. The van der Waals surface area contributed by atoms with Crippen LogP contribution in [0.15, 0.2) is 30.3 Å². The molecule has 0 aliphatic rings. The molecular weight excluding hydrogens is 469 g/mol. The van der Waals surface area contributed by atoms with E-state index < -0.39 is 35.2 Å². The van der Waals surface area contributed by atoms with E-state index in [1.165, 1.54) is 19.2 Å². The number of esters is 1. The summed E-state index contributed by atoms with van der Waals surface area (Å²) in [4.78, 5) is 42.9. The molecule has 10 heteroatoms. The van der Waals surface area contributed by atoms with E-state index in [1.54, 1.807) is 60.6 Å². The van der Waals surface area contributed by atoms with Crippen molar-refractivity contribution in [3.63, 3.8) is 0 Å². The number of hydrogen-bond donors (Lipinski definition) is 1. The molecule has 36 heavy (non-hydrogen) atoms. The molecule has 0 aliphatic carbocycles. The van der Waals surface area contributed by atoms with Crippen LogP contribution in [0.4, 0.5) is 19.7 Å². The maximum absolute atomic E-state index is 14.3. The van der Waals surface area contributed by atoms with Crippen molar-refractivity contribution in [2.45, 2.75) is 59.7 Å². The number of aryl methyl sites for hydroxylation is 1. The molecule has 9 nitrogen and oxygen atoms in total. The molecule has 0 saturated heterocycles. The van der Waals surface area contributed by atoms with Crippen molar-refractivity contribution in [3.8, 4) is 11.3 Å². The third-order valence-electron chi connectivity index (χ3n) is 4.86. The summed E-state index contributed by atoms with van der Waals surface area (Å²) in [6.07, 6.45) is -1.52. The van der Waals surface area contributed by atoms with Gasteiger partial charge in [0.05, 0.1) is 29.7 Å². The molecule has 0 bridgehead atoms. The molecule has 3 rings (SSSR count). The van der Waals surface area contributed by atoms with Crippen LogP contribution in [-0.4, -0.2) is 46.0 Å². The Kier molecular flexibility index (Phi) is 7.11. The average molecular weight is 500 g/mol. The number of pyridine rings is 1. The first-order chi connectivity index (χ1) is 16.6. The summed E-state index contributed by atoms with van der Waals surface area (Å²) in [7, 11) is 1.18. The minimum Gasteiger partial charge on any atom is -0.464 e. The maximum Gasteiger partial charge on any atom is 0.419 e. The molecule has 0 atom stereocenters. The van der Waals surface area contributed by atoms with Gasteiger partial charge in [-0.25, -0.2) is 23.3 Å². The molecule has 3 aromatic rings. The summed E-state index contributed by atoms with van der Waals surface area (Å²) < 4.78 is 31.0. The zero-order valence-electron chi connectivity index (χ0n) is 21.6. The zero-order valence-corrected chi connectivity index (χ0v) is 21.6. The van der Waals surface area contributed by atoms with Gasteiger partial charge < -0.3 is 14.2 Å². The predicted octanol–water partition coefficient (Wildman–Crippen LogP) is 6.07. The highest BCUT2D eigenvalue weighted by Gasteiger charge is 2.31. The van der Waals surface area contributed by atoms with Crippen LogP contribution in [0.3, 0.4) is 0 Å². The van der Waals surface area contributed by atoms with Crippen molar-refractivity contribution < 1.29 is 33.0 Å². The summed E-state index contributed by atoms with van der Waals surface area (Å²) in [5.74, 6) is -1.43. The van der Waals surface area contributed by atoms with Crippen LogP contribution in [0.1, 0.15) is 57.7 Å². The quantitative estimate of drug-likeness (QED) is 0.344. The molecule has 2 heterocycles. The monoisotopic (exact) mass is 499 g/mol. The number of nitrogens with zero attached hydrogens (tertiary/aromatic N) is 2. The Morgan fingerprint density at radius 2 is 1.61 bits per heavy atom. The van der Waals surface area contributed by atoms with Gasteiger partial charge in [-0.1, -0.05) is 0 Å². The van der Waals surface area contributed by atoms with Crippen molar-refractivity contribution >= 4 is 34.7 Å². The van der Waals surface area contributed by atoms with Crippen LogP contribution in [0.5, 0.6) is 0 Å². The topological polar surface area (TPSA) is 109 Å². The van der Waals surface area contributed by atoms with Crippen molar-refractivity contribution in [1.29, 1.82) is 0 Å². The number of hydrogen-bond acceptors (Lipinski definition) is 7. The number of rotatable bonds is 3. The summed E-state index contributed by atoms with van der Waals surface area (Å²) in [6, 6.07) is 6.99. The molecule has 1 aromatic carbocycles. The first-order valence-electron chi connectivity index (χ1n) is 11.2. The number of anilines is 1. The first-order valence-corrected chi connectivity index (χ1v) is 11.2. The number of aromatic nitrogens is 2. The molecule has 0 unspecified atom stereocenters. The molecule has 0 fully saturated rings. The van der Waals surface area contributed by atoms with Gasteiger partial charge in [0.25, 0.3) is 0 Å². The van der Waals surface area contributed by atoms with E-state index in [2.05, 4.69) is 10.3 Å². The number of ether oxygens (including phenoxy) is 3. The maximum atomic E-state index is 14.3. The standard InChI is InChI=1S/C26H30FN3O6/c1-14-17(29-23(32)35-25(2,3)4)11-12-18(28-14)20-16-10-9-15(27)13-19(16)30(21(20)22(31)34-8)24(33)36-26(5,6)7/h9-13H,1-8H3,(H,29,32). The number of benzene rings is 1. The molecule has 0 aliphatic heterocycles. The molecule has 1 N–H and O–H groups in total. The van der Waals surface area contributed by atoms with Crippen LogP contribution < -0.4 is 5.32 Å². The lowest BCUT2D eigenvalue weighted by molar-refractivity contribution is 0.0490. The fraction of sp³-hybridized carbons (Fsp3) is 0.385. The van der Waals surface area contributed by atoms with Crippen LogP contribution in [-0.2, 0) is 14.2 Å². The molecule has 192 valence electrons. The second-order valence-corrected chi connectivity index (χ2v) is 10.1. The molecule has 0 radical (unpaired) electrons. The van der Waals surface area contributed by atoms with Crippen LogP contribution in [0.2, 0.25) is 0 Å². The van der Waals surface area contributed by atoms with E-state index >= 15 is 0 Å². The Balaban J connectivity index is 2.21. The lowest BCUT2D eigenvalue weighted by atomic mass is 10.1. The van der Waals surface area contributed by atoms with E-state index in [0.29, 0.717) is 22.5 Å². The van der Waals surface area contributed by atoms with Crippen molar-refractivity contribution in [2.75, 3.05) is 12.4 Å².